The summed E-state index contributed by atoms with van der Waals surface area (Å²) < 4.78 is 50.7. The molecule has 8 heteroatoms. The summed E-state index contributed by atoms with van der Waals surface area (Å²) in [4.78, 5) is 0. The Hall–Kier alpha value is 0.140. The van der Waals surface area contributed by atoms with Gasteiger partial charge in [0.1, 0.15) is 0 Å². The Balaban J connectivity index is -0.0000000720. The number of hydrogen-bond acceptors (Lipinski definition) is 6. The normalized spacial score (nSPS) is 7.78. The Morgan fingerprint density at radius 3 is 0.778 bits per heavy atom. The predicted molar refractivity (Wildman–Crippen MR) is 22.6 cm³/mol. The summed E-state index contributed by atoms with van der Waals surface area (Å²) in [6, 6.07) is 0. The van der Waals surface area contributed by atoms with Crippen LogP contribution in [0.3, 0.4) is 0 Å². The van der Waals surface area contributed by atoms with Crippen LogP contribution in [-0.2, 0) is 22.7 Å². The van der Waals surface area contributed by atoms with E-state index in [4.69, 9.17) is 26.6 Å². The molecule has 0 aliphatic heterocycles. The standard InChI is InChI=1S/C.2H2O3S/c;2*1-4(2)3/h;2*(H2,1,2,3)/q+4;;/p-4. The number of rotatable bonds is 0. The zero-order valence-corrected chi connectivity index (χ0v) is 5.40. The van der Waals surface area contributed by atoms with Gasteiger partial charge in [0.15, 0.2) is 0 Å². The minimum Gasteiger partial charge on any atom is -0.784 e. The summed E-state index contributed by atoms with van der Waals surface area (Å²) in [5, 5.41) is 0. The molecule has 0 rings (SSSR count). The summed E-state index contributed by atoms with van der Waals surface area (Å²) in [7, 11) is 0. The van der Waals surface area contributed by atoms with Crippen LogP contribution in [-0.4, -0.2) is 26.6 Å². The van der Waals surface area contributed by atoms with Crippen molar-refractivity contribution in [2.24, 2.45) is 0 Å². The van der Waals surface area contributed by atoms with Crippen molar-refractivity contribution >= 4 is 22.7 Å². The first-order chi connectivity index (χ1) is 3.46. The molecule has 0 aliphatic rings. The van der Waals surface area contributed by atoms with E-state index in [-0.39, 0.29) is 7.43 Å². The zero-order chi connectivity index (χ0) is 7.15. The van der Waals surface area contributed by atoms with E-state index in [9.17, 15) is 0 Å². The molecule has 0 radical (unpaired) electrons. The molecule has 0 aromatic heterocycles. The number of hydrogen-bond donors (Lipinski definition) is 0. The van der Waals surface area contributed by atoms with Gasteiger partial charge in [-0.2, -0.15) is 0 Å². The molecule has 0 atom stereocenters. The molecule has 52 valence electrons. The van der Waals surface area contributed by atoms with Crippen LogP contribution in [0.2, 0.25) is 0 Å². The minimum atomic E-state index is -3.11. The van der Waals surface area contributed by atoms with Crippen molar-refractivity contribution in [2.45, 2.75) is 0 Å². The molecule has 0 saturated heterocycles. The third kappa shape index (κ3) is 15700. The topological polar surface area (TPSA) is 126 Å². The maximum Gasteiger partial charge on any atom is 4.00 e. The second-order valence-corrected chi connectivity index (χ2v) is 1.22. The molecule has 0 fully saturated rings. The molecule has 0 aliphatic carbocycles. The molecule has 0 aromatic rings. The maximum atomic E-state index is 8.44. The second-order valence-electron chi connectivity index (χ2n) is 0.408. The van der Waals surface area contributed by atoms with Gasteiger partial charge in [0, 0.05) is 0 Å². The van der Waals surface area contributed by atoms with E-state index in [1.807, 2.05) is 0 Å². The van der Waals surface area contributed by atoms with E-state index in [0.29, 0.717) is 0 Å². The Kier molecular flexibility index (Phi) is 19.6. The quantitative estimate of drug-likeness (QED) is 0.391. The minimum absolute atomic E-state index is 0. The van der Waals surface area contributed by atoms with Gasteiger partial charge in [0.25, 0.3) is 0 Å². The zero-order valence-electron chi connectivity index (χ0n) is 3.77. The van der Waals surface area contributed by atoms with Crippen molar-refractivity contribution in [3.8, 4) is 0 Å². The van der Waals surface area contributed by atoms with Gasteiger partial charge in [-0.3, -0.25) is 8.42 Å². The average molecular weight is 172 g/mol. The fourth-order valence-electron chi connectivity index (χ4n) is 0. The van der Waals surface area contributed by atoms with E-state index in [1.54, 1.807) is 0 Å². The summed E-state index contributed by atoms with van der Waals surface area (Å²) >= 11 is -6.22. The van der Waals surface area contributed by atoms with E-state index in [0.717, 1.165) is 0 Å². The Labute approximate surface area is 57.5 Å². The van der Waals surface area contributed by atoms with Crippen molar-refractivity contribution in [1.29, 1.82) is 0 Å². The van der Waals surface area contributed by atoms with E-state index in [2.05, 4.69) is 0 Å². The predicted octanol–water partition coefficient (Wildman–Crippen LogP) is -1.93. The van der Waals surface area contributed by atoms with Crippen LogP contribution < -0.4 is 0 Å². The van der Waals surface area contributed by atoms with Crippen LogP contribution in [0.15, 0.2) is 0 Å². The fourth-order valence-corrected chi connectivity index (χ4v) is 0. The van der Waals surface area contributed by atoms with Gasteiger partial charge in [0.2, 0.25) is 0 Å². The Bertz CT molecular complexity index is 69.1. The van der Waals surface area contributed by atoms with Gasteiger partial charge in [0.05, 0.1) is 0 Å². The largest absolute Gasteiger partial charge is 4.00 e. The third-order valence-electron chi connectivity index (χ3n) is 0. The van der Waals surface area contributed by atoms with Crippen LogP contribution >= 0.6 is 0 Å². The van der Waals surface area contributed by atoms with Crippen LogP contribution in [0.4, 0.5) is 0 Å². The fraction of sp³-hybridized carbons (Fsp3) is 0. The molecular weight excluding hydrogens is 172 g/mol. The van der Waals surface area contributed by atoms with Gasteiger partial charge in [-0.1, -0.05) is 0 Å². The van der Waals surface area contributed by atoms with Gasteiger partial charge < -0.3 is 18.2 Å². The molecule has 6 nitrogen and oxygen atoms in total. The Morgan fingerprint density at radius 1 is 0.778 bits per heavy atom. The van der Waals surface area contributed by atoms with Crippen LogP contribution in [0, 0.1) is 7.43 Å². The first-order valence-corrected chi connectivity index (χ1v) is 3.00. The third-order valence-corrected chi connectivity index (χ3v) is 0. The van der Waals surface area contributed by atoms with Crippen molar-refractivity contribution in [1.82, 2.24) is 0 Å². The smallest absolute Gasteiger partial charge is 0.784 e. The molecule has 0 saturated carbocycles. The Morgan fingerprint density at radius 2 is 0.778 bits per heavy atom. The monoisotopic (exact) mass is 172 g/mol. The van der Waals surface area contributed by atoms with E-state index < -0.39 is 22.7 Å². The summed E-state index contributed by atoms with van der Waals surface area (Å²) in [6.45, 7) is 0. The van der Waals surface area contributed by atoms with Gasteiger partial charge >= 0.3 is 7.43 Å². The van der Waals surface area contributed by atoms with Crippen molar-refractivity contribution < 1.29 is 26.6 Å². The van der Waals surface area contributed by atoms with Crippen molar-refractivity contribution in [2.75, 3.05) is 0 Å². The van der Waals surface area contributed by atoms with Crippen LogP contribution in [0.25, 0.3) is 0 Å². The maximum absolute atomic E-state index is 8.44. The van der Waals surface area contributed by atoms with Gasteiger partial charge in [-0.25, -0.2) is 0 Å². The molecule has 0 unspecified atom stereocenters. The molecule has 0 spiro atoms. The van der Waals surface area contributed by atoms with Crippen molar-refractivity contribution in [3.05, 3.63) is 7.43 Å². The molecule has 9 heavy (non-hydrogen) atoms. The first-order valence-electron chi connectivity index (χ1n) is 1.00. The molecule has 0 heterocycles. The summed E-state index contributed by atoms with van der Waals surface area (Å²) in [6.07, 6.45) is 0. The van der Waals surface area contributed by atoms with Crippen LogP contribution in [0.1, 0.15) is 0 Å². The first kappa shape index (κ1) is 16.1. The van der Waals surface area contributed by atoms with E-state index >= 15 is 0 Å². The van der Waals surface area contributed by atoms with E-state index in [1.165, 1.54) is 0 Å². The van der Waals surface area contributed by atoms with Gasteiger partial charge in [-0.15, -0.1) is 22.7 Å². The molecule has 0 aromatic carbocycles. The van der Waals surface area contributed by atoms with Crippen molar-refractivity contribution in [3.63, 3.8) is 0 Å². The molecule has 0 amide bonds. The van der Waals surface area contributed by atoms with Crippen LogP contribution in [0.5, 0.6) is 0 Å². The second kappa shape index (κ2) is 11.0. The SMILES string of the molecule is O=S([O-])[O-].O=S([O-])[O-].[C+4]. The molecule has 0 bridgehead atoms. The average Bonchev–Trinajstić information content (AvgIpc) is 1.25. The molecular formula is CO6S2. The van der Waals surface area contributed by atoms with Gasteiger partial charge in [-0.05, 0) is 0 Å². The summed E-state index contributed by atoms with van der Waals surface area (Å²) in [5.41, 5.74) is 0. The summed E-state index contributed by atoms with van der Waals surface area (Å²) in [5.74, 6) is 0. The molecule has 0 N–H and O–H groups in total.